The highest BCUT2D eigenvalue weighted by molar-refractivity contribution is 5.84. The van der Waals surface area contributed by atoms with Crippen LogP contribution >= 0.6 is 0 Å². The molecule has 0 atom stereocenters. The summed E-state index contributed by atoms with van der Waals surface area (Å²) in [6.45, 7) is 3.61. The van der Waals surface area contributed by atoms with Crippen LogP contribution in [-0.4, -0.2) is 24.1 Å². The number of nitrogens with zero attached hydrogens (tertiary/aromatic N) is 5. The highest BCUT2D eigenvalue weighted by Crippen LogP contribution is 2.27. The smallest absolute Gasteiger partial charge is 0.278 e. The molecule has 0 amide bonds. The van der Waals surface area contributed by atoms with Crippen molar-refractivity contribution in [2.45, 2.75) is 19.9 Å². The van der Waals surface area contributed by atoms with E-state index in [1.165, 1.54) is 45.6 Å². The van der Waals surface area contributed by atoms with E-state index in [1.807, 2.05) is 0 Å². The molecule has 0 spiro atoms. The second-order valence-corrected chi connectivity index (χ2v) is 7.12. The van der Waals surface area contributed by atoms with E-state index in [4.69, 9.17) is 4.52 Å². The van der Waals surface area contributed by atoms with Gasteiger partial charge < -0.3 is 4.52 Å². The molecule has 5 aromatic rings. The molecule has 0 saturated heterocycles. The van der Waals surface area contributed by atoms with Crippen molar-refractivity contribution < 1.29 is 13.3 Å². The topological polar surface area (TPSA) is 78.2 Å². The van der Waals surface area contributed by atoms with Crippen molar-refractivity contribution in [1.82, 2.24) is 24.1 Å². The minimum Gasteiger partial charge on any atom is -0.334 e. The van der Waals surface area contributed by atoms with E-state index in [9.17, 15) is 13.6 Å². The van der Waals surface area contributed by atoms with Gasteiger partial charge in [0.05, 0.1) is 5.52 Å². The van der Waals surface area contributed by atoms with Crippen LogP contribution < -0.4 is 5.56 Å². The summed E-state index contributed by atoms with van der Waals surface area (Å²) in [5.41, 5.74) is 1.26. The molecule has 0 fully saturated rings. The van der Waals surface area contributed by atoms with Gasteiger partial charge in [-0.05, 0) is 50.2 Å². The van der Waals surface area contributed by atoms with Crippen LogP contribution in [0.4, 0.5) is 8.78 Å². The van der Waals surface area contributed by atoms with Crippen LogP contribution in [0.15, 0.2) is 58.1 Å². The first-order valence-electron chi connectivity index (χ1n) is 9.25. The second-order valence-electron chi connectivity index (χ2n) is 7.12. The summed E-state index contributed by atoms with van der Waals surface area (Å²) in [6, 6.07) is 9.92. The third kappa shape index (κ3) is 2.62. The maximum atomic E-state index is 14.6. The minimum absolute atomic E-state index is 0.111. The number of hydrogen-bond donors (Lipinski definition) is 0. The van der Waals surface area contributed by atoms with E-state index >= 15 is 0 Å². The van der Waals surface area contributed by atoms with E-state index in [1.54, 1.807) is 26.0 Å². The first-order valence-corrected chi connectivity index (χ1v) is 9.25. The van der Waals surface area contributed by atoms with Gasteiger partial charge >= 0.3 is 0 Å². The molecule has 0 aliphatic heterocycles. The Hall–Kier alpha value is -3.88. The summed E-state index contributed by atoms with van der Waals surface area (Å²) in [5.74, 6) is -0.595. The third-order valence-corrected chi connectivity index (χ3v) is 4.90. The number of para-hydroxylation sites is 1. The Morgan fingerprint density at radius 3 is 2.53 bits per heavy atom. The highest BCUT2D eigenvalue weighted by Gasteiger charge is 2.23. The van der Waals surface area contributed by atoms with E-state index in [0.29, 0.717) is 11.1 Å². The van der Waals surface area contributed by atoms with Crippen LogP contribution in [-0.2, 0) is 0 Å². The molecule has 0 N–H and O–H groups in total. The summed E-state index contributed by atoms with van der Waals surface area (Å²) in [6.07, 6.45) is 1.44. The zero-order valence-electron chi connectivity index (χ0n) is 16.0. The molecule has 30 heavy (non-hydrogen) atoms. The van der Waals surface area contributed by atoms with Crippen LogP contribution in [0.2, 0.25) is 0 Å². The molecule has 0 aliphatic carbocycles. The van der Waals surface area contributed by atoms with Crippen LogP contribution in [0, 0.1) is 11.6 Å². The van der Waals surface area contributed by atoms with Crippen molar-refractivity contribution in [2.75, 3.05) is 0 Å². The average Bonchev–Trinajstić information content (AvgIpc) is 3.36. The van der Waals surface area contributed by atoms with Gasteiger partial charge in [0.2, 0.25) is 5.82 Å². The maximum Gasteiger partial charge on any atom is 0.278 e. The van der Waals surface area contributed by atoms with Crippen molar-refractivity contribution >= 4 is 16.6 Å². The Balaban J connectivity index is 1.77. The highest BCUT2D eigenvalue weighted by atomic mass is 19.1. The van der Waals surface area contributed by atoms with Crippen molar-refractivity contribution in [3.8, 4) is 23.0 Å². The van der Waals surface area contributed by atoms with E-state index in [0.717, 1.165) is 0 Å². The predicted octanol–water partition coefficient (Wildman–Crippen LogP) is 4.23. The van der Waals surface area contributed by atoms with Crippen LogP contribution in [0.1, 0.15) is 19.9 Å². The number of rotatable bonds is 3. The standard InChI is InChI=1S/C21H15F2N5O2/c1-11(2)28-17-14(23)4-3-5-15(17)27-10-24-16(18(27)21(28)29)19-25-20(30-26-19)12-6-8-13(22)9-7-12/h3-11H,1-2H3. The lowest BCUT2D eigenvalue weighted by Crippen LogP contribution is -2.25. The lowest BCUT2D eigenvalue weighted by molar-refractivity contribution is 0.432. The van der Waals surface area contributed by atoms with E-state index in [-0.39, 0.29) is 40.3 Å². The molecule has 9 heteroatoms. The number of halogens is 2. The first kappa shape index (κ1) is 18.2. The normalized spacial score (nSPS) is 11.8. The predicted molar refractivity (Wildman–Crippen MR) is 106 cm³/mol. The third-order valence-electron chi connectivity index (χ3n) is 4.90. The molecule has 7 nitrogen and oxygen atoms in total. The fourth-order valence-electron chi connectivity index (χ4n) is 3.57. The fourth-order valence-corrected chi connectivity index (χ4v) is 3.57. The van der Waals surface area contributed by atoms with Crippen LogP contribution in [0.5, 0.6) is 0 Å². The Morgan fingerprint density at radius 2 is 1.80 bits per heavy atom. The van der Waals surface area contributed by atoms with Gasteiger partial charge in [-0.1, -0.05) is 11.2 Å². The fraction of sp³-hybridized carbons (Fsp3) is 0.143. The van der Waals surface area contributed by atoms with E-state index < -0.39 is 11.4 Å². The minimum atomic E-state index is -0.492. The quantitative estimate of drug-likeness (QED) is 0.447. The molecule has 2 aromatic carbocycles. The Kier molecular flexibility index (Phi) is 3.99. The van der Waals surface area contributed by atoms with Crippen LogP contribution in [0.3, 0.4) is 0 Å². The molecule has 3 heterocycles. The lowest BCUT2D eigenvalue weighted by atomic mass is 10.2. The van der Waals surface area contributed by atoms with Gasteiger partial charge in [0, 0.05) is 11.6 Å². The zero-order chi connectivity index (χ0) is 21.0. The maximum absolute atomic E-state index is 14.6. The molecule has 3 aromatic heterocycles. The van der Waals surface area contributed by atoms with Crippen molar-refractivity contribution in [1.29, 1.82) is 0 Å². The molecule has 0 radical (unpaired) electrons. The molecular formula is C21H15F2N5O2. The van der Waals surface area contributed by atoms with Gasteiger partial charge in [0.15, 0.2) is 0 Å². The van der Waals surface area contributed by atoms with Gasteiger partial charge in [-0.25, -0.2) is 13.8 Å². The average molecular weight is 407 g/mol. The van der Waals surface area contributed by atoms with Crippen LogP contribution in [0.25, 0.3) is 39.5 Å². The summed E-state index contributed by atoms with van der Waals surface area (Å²) in [5, 5.41) is 3.94. The molecule has 0 unspecified atom stereocenters. The van der Waals surface area contributed by atoms with Gasteiger partial charge in [-0.15, -0.1) is 0 Å². The van der Waals surface area contributed by atoms with Gasteiger partial charge in [-0.3, -0.25) is 13.8 Å². The Morgan fingerprint density at radius 1 is 1.03 bits per heavy atom. The largest absolute Gasteiger partial charge is 0.334 e. The molecule has 0 aliphatic rings. The molecule has 0 saturated carbocycles. The summed E-state index contributed by atoms with van der Waals surface area (Å²) in [4.78, 5) is 21.9. The molecule has 0 bridgehead atoms. The monoisotopic (exact) mass is 407 g/mol. The summed E-state index contributed by atoms with van der Waals surface area (Å²) < 4.78 is 36.0. The van der Waals surface area contributed by atoms with E-state index in [2.05, 4.69) is 15.1 Å². The zero-order valence-corrected chi connectivity index (χ0v) is 16.0. The van der Waals surface area contributed by atoms with Gasteiger partial charge in [0.25, 0.3) is 11.4 Å². The number of aromatic nitrogens is 5. The van der Waals surface area contributed by atoms with Crippen molar-refractivity contribution in [2.24, 2.45) is 0 Å². The number of fused-ring (bicyclic) bond motifs is 3. The second kappa shape index (κ2) is 6.58. The number of benzene rings is 2. The Bertz CT molecular complexity index is 1470. The SMILES string of the molecule is CC(C)n1c(=O)c2c(-c3noc(-c4ccc(F)cc4)n3)ncn2c2cccc(F)c21. The number of hydrogen-bond acceptors (Lipinski definition) is 5. The summed E-state index contributed by atoms with van der Waals surface area (Å²) >= 11 is 0. The summed E-state index contributed by atoms with van der Waals surface area (Å²) in [7, 11) is 0. The van der Waals surface area contributed by atoms with Gasteiger partial charge in [0.1, 0.15) is 34.7 Å². The van der Waals surface area contributed by atoms with Crippen molar-refractivity contribution in [3.63, 3.8) is 0 Å². The van der Waals surface area contributed by atoms with Crippen molar-refractivity contribution in [3.05, 3.63) is 70.8 Å². The molecule has 5 rings (SSSR count). The molecule has 150 valence electrons. The lowest BCUT2D eigenvalue weighted by Gasteiger charge is -2.16. The Labute approximate surface area is 168 Å². The number of imidazole rings is 1. The molecular weight excluding hydrogens is 392 g/mol. The van der Waals surface area contributed by atoms with Gasteiger partial charge in [-0.2, -0.15) is 4.98 Å². The first-order chi connectivity index (χ1) is 14.5.